The summed E-state index contributed by atoms with van der Waals surface area (Å²) in [6.45, 7) is 9.93. The van der Waals surface area contributed by atoms with Gasteiger partial charge in [-0.15, -0.1) is 0 Å². The molecule has 0 radical (unpaired) electrons. The van der Waals surface area contributed by atoms with Gasteiger partial charge in [-0.05, 0) is 46.2 Å². The van der Waals surface area contributed by atoms with Crippen LogP contribution in [-0.2, 0) is 28.5 Å². The molecule has 5 atom stereocenters. The van der Waals surface area contributed by atoms with E-state index in [1.54, 1.807) is 6.07 Å². The Morgan fingerprint density at radius 3 is 2.43 bits per heavy atom. The highest BCUT2D eigenvalue weighted by molar-refractivity contribution is 5.96. The first kappa shape index (κ1) is 21.5. The molecule has 3 aliphatic rings. The van der Waals surface area contributed by atoms with Crippen LogP contribution in [0.5, 0.6) is 5.75 Å². The first-order valence-corrected chi connectivity index (χ1v) is 10.6. The van der Waals surface area contributed by atoms with Crippen molar-refractivity contribution in [3.63, 3.8) is 0 Å². The van der Waals surface area contributed by atoms with Gasteiger partial charge in [0.1, 0.15) is 24.1 Å². The Bertz CT molecular complexity index is 781. The number of carbonyl (C=O) groups is 1. The third-order valence-electron chi connectivity index (χ3n) is 5.31. The Morgan fingerprint density at radius 1 is 1.00 bits per heavy atom. The van der Waals surface area contributed by atoms with E-state index in [2.05, 4.69) is 12.2 Å². The van der Waals surface area contributed by atoms with Gasteiger partial charge in [0.15, 0.2) is 24.0 Å². The second-order valence-electron chi connectivity index (χ2n) is 8.78. The number of carbonyl (C=O) groups excluding carboxylic acids is 1. The first-order chi connectivity index (χ1) is 14.2. The van der Waals surface area contributed by atoms with Crippen LogP contribution in [0.2, 0.25) is 0 Å². The second kappa shape index (κ2) is 8.09. The molecule has 1 N–H and O–H groups in total. The fourth-order valence-corrected chi connectivity index (χ4v) is 4.05. The van der Waals surface area contributed by atoms with Crippen LogP contribution in [0.15, 0.2) is 24.3 Å². The normalized spacial score (nSPS) is 33.6. The fourth-order valence-electron chi connectivity index (χ4n) is 4.05. The maximum atomic E-state index is 13.2. The molecule has 8 heteroatoms. The number of hydrogen-bond donors (Lipinski definition) is 1. The summed E-state index contributed by atoms with van der Waals surface area (Å²) in [6.07, 6.45) is -1.24. The van der Waals surface area contributed by atoms with Crippen molar-refractivity contribution in [1.82, 2.24) is 0 Å². The minimum atomic E-state index is -0.917. The van der Waals surface area contributed by atoms with Gasteiger partial charge in [-0.25, -0.2) is 0 Å². The predicted molar refractivity (Wildman–Crippen MR) is 108 cm³/mol. The van der Waals surface area contributed by atoms with Gasteiger partial charge < -0.3 is 33.7 Å². The van der Waals surface area contributed by atoms with Gasteiger partial charge in [0, 0.05) is 0 Å². The fraction of sp³-hybridized carbons (Fsp3) is 0.682. The Morgan fingerprint density at radius 2 is 1.67 bits per heavy atom. The van der Waals surface area contributed by atoms with E-state index in [4.69, 9.17) is 28.4 Å². The van der Waals surface area contributed by atoms with Crippen molar-refractivity contribution >= 4 is 11.6 Å². The number of benzene rings is 1. The monoisotopic (exact) mass is 421 g/mol. The van der Waals surface area contributed by atoms with Gasteiger partial charge in [0.2, 0.25) is 0 Å². The Balaban J connectivity index is 1.53. The molecule has 3 fully saturated rings. The molecule has 1 aromatic rings. The van der Waals surface area contributed by atoms with Gasteiger partial charge in [-0.2, -0.15) is 0 Å². The molecule has 0 aromatic heterocycles. The van der Waals surface area contributed by atoms with E-state index in [1.807, 2.05) is 45.9 Å². The highest BCUT2D eigenvalue weighted by Gasteiger charge is 2.62. The Labute approximate surface area is 177 Å². The average Bonchev–Trinajstić information content (AvgIpc) is 3.16. The first-order valence-electron chi connectivity index (χ1n) is 10.6. The summed E-state index contributed by atoms with van der Waals surface area (Å²) >= 11 is 0. The van der Waals surface area contributed by atoms with Crippen LogP contribution >= 0.6 is 0 Å². The third kappa shape index (κ3) is 4.33. The maximum absolute atomic E-state index is 13.2. The lowest BCUT2D eigenvalue weighted by atomic mass is 9.98. The Kier molecular flexibility index (Phi) is 5.80. The predicted octanol–water partition coefficient (Wildman–Crippen LogP) is 3.20. The molecule has 0 saturated carbocycles. The number of para-hydroxylation sites is 2. The zero-order chi connectivity index (χ0) is 21.5. The molecule has 0 bridgehead atoms. The van der Waals surface area contributed by atoms with E-state index in [-0.39, 0.29) is 5.91 Å². The molecule has 0 unspecified atom stereocenters. The van der Waals surface area contributed by atoms with Gasteiger partial charge in [-0.1, -0.05) is 25.5 Å². The smallest absolute Gasteiger partial charge is 0.256 e. The van der Waals surface area contributed by atoms with Crippen molar-refractivity contribution in [3.05, 3.63) is 24.3 Å². The summed E-state index contributed by atoms with van der Waals surface area (Å²) < 4.78 is 35.8. The van der Waals surface area contributed by atoms with Gasteiger partial charge >= 0.3 is 0 Å². The molecule has 1 amide bonds. The lowest BCUT2D eigenvalue weighted by Crippen LogP contribution is -2.58. The van der Waals surface area contributed by atoms with E-state index < -0.39 is 42.3 Å². The van der Waals surface area contributed by atoms with Crippen molar-refractivity contribution < 1.29 is 33.2 Å². The van der Waals surface area contributed by atoms with Crippen LogP contribution in [0.3, 0.4) is 0 Å². The quantitative estimate of drug-likeness (QED) is 0.706. The molecule has 0 aliphatic carbocycles. The van der Waals surface area contributed by atoms with E-state index in [0.29, 0.717) is 18.0 Å². The molecule has 3 aliphatic heterocycles. The molecule has 3 saturated heterocycles. The van der Waals surface area contributed by atoms with Crippen LogP contribution in [-0.4, -0.2) is 54.8 Å². The zero-order valence-corrected chi connectivity index (χ0v) is 18.2. The average molecular weight is 421 g/mol. The Hall–Kier alpha value is -1.71. The molecule has 30 heavy (non-hydrogen) atoms. The summed E-state index contributed by atoms with van der Waals surface area (Å²) in [6, 6.07) is 7.35. The highest BCUT2D eigenvalue weighted by atomic mass is 16.9. The standard InChI is InChI=1S/C22H31NO7/c1-6-7-12-25-14-11-9-8-10-13(14)23-19(24)17-15-16(28-21(2,3)27-15)18-20(26-17)30-22(4,5)29-18/h8-11,15-18,20H,6-7,12H2,1-5H3,(H,23,24)/t15-,16-,17+,18-,20+/m0/s1. The van der Waals surface area contributed by atoms with E-state index in [0.717, 1.165) is 12.8 Å². The number of ether oxygens (including phenoxy) is 6. The molecular formula is C22H31NO7. The number of fused-ring (bicyclic) bond motifs is 3. The maximum Gasteiger partial charge on any atom is 0.256 e. The van der Waals surface area contributed by atoms with Gasteiger partial charge in [0.05, 0.1) is 12.3 Å². The molecule has 3 heterocycles. The lowest BCUT2D eigenvalue weighted by Gasteiger charge is -2.36. The van der Waals surface area contributed by atoms with Crippen LogP contribution in [0.1, 0.15) is 47.5 Å². The highest BCUT2D eigenvalue weighted by Crippen LogP contribution is 2.44. The van der Waals surface area contributed by atoms with Crippen LogP contribution in [0.25, 0.3) is 0 Å². The molecule has 166 valence electrons. The van der Waals surface area contributed by atoms with Crippen LogP contribution < -0.4 is 10.1 Å². The van der Waals surface area contributed by atoms with Crippen LogP contribution in [0.4, 0.5) is 5.69 Å². The molecule has 0 spiro atoms. The van der Waals surface area contributed by atoms with Crippen molar-refractivity contribution in [1.29, 1.82) is 0 Å². The number of rotatable bonds is 6. The second-order valence-corrected chi connectivity index (χ2v) is 8.78. The third-order valence-corrected chi connectivity index (χ3v) is 5.31. The van der Waals surface area contributed by atoms with Crippen LogP contribution in [0, 0.1) is 0 Å². The summed E-state index contributed by atoms with van der Waals surface area (Å²) in [5, 5.41) is 2.93. The summed E-state index contributed by atoms with van der Waals surface area (Å²) in [7, 11) is 0. The number of nitrogens with one attached hydrogen (secondary N) is 1. The van der Waals surface area contributed by atoms with E-state index in [9.17, 15) is 4.79 Å². The summed E-state index contributed by atoms with van der Waals surface area (Å²) in [5.41, 5.74) is 0.586. The molecule has 8 nitrogen and oxygen atoms in total. The lowest BCUT2D eigenvalue weighted by molar-refractivity contribution is -0.229. The van der Waals surface area contributed by atoms with Crippen molar-refractivity contribution in [2.24, 2.45) is 0 Å². The zero-order valence-electron chi connectivity index (χ0n) is 18.2. The van der Waals surface area contributed by atoms with Crippen molar-refractivity contribution in [2.75, 3.05) is 11.9 Å². The summed E-state index contributed by atoms with van der Waals surface area (Å²) in [4.78, 5) is 13.2. The molecule has 4 rings (SSSR count). The van der Waals surface area contributed by atoms with E-state index >= 15 is 0 Å². The minimum Gasteiger partial charge on any atom is -0.491 e. The number of unbranched alkanes of at least 4 members (excludes halogenated alkanes) is 1. The summed E-state index contributed by atoms with van der Waals surface area (Å²) in [5.74, 6) is -1.41. The van der Waals surface area contributed by atoms with Crippen molar-refractivity contribution in [2.45, 2.75) is 89.7 Å². The molecule has 1 aromatic carbocycles. The largest absolute Gasteiger partial charge is 0.491 e. The topological polar surface area (TPSA) is 84.5 Å². The molecular weight excluding hydrogens is 390 g/mol. The minimum absolute atomic E-state index is 0.343. The number of anilines is 1. The van der Waals surface area contributed by atoms with Gasteiger partial charge in [-0.3, -0.25) is 4.79 Å². The number of hydrogen-bond acceptors (Lipinski definition) is 7. The van der Waals surface area contributed by atoms with E-state index in [1.165, 1.54) is 0 Å². The van der Waals surface area contributed by atoms with Crippen molar-refractivity contribution in [3.8, 4) is 5.75 Å². The van der Waals surface area contributed by atoms with Gasteiger partial charge in [0.25, 0.3) is 5.91 Å². The number of amides is 1. The SMILES string of the molecule is CCCCOc1ccccc1NC(=O)[C@@H]1O[C@@H]2OC(C)(C)O[C@H]2[C@H]2OC(C)(C)O[C@@H]21.